The van der Waals surface area contributed by atoms with Gasteiger partial charge in [0.05, 0.1) is 29.8 Å². The number of carbonyl (C=O) groups excluding carboxylic acids is 1. The minimum atomic E-state index is -1.80. The van der Waals surface area contributed by atoms with Crippen LogP contribution >= 0.6 is 11.3 Å². The van der Waals surface area contributed by atoms with Crippen LogP contribution in [0.4, 0.5) is 0 Å². The smallest absolute Gasteiger partial charge is 0.311 e. The van der Waals surface area contributed by atoms with Gasteiger partial charge in [0.1, 0.15) is 28.9 Å². The summed E-state index contributed by atoms with van der Waals surface area (Å²) in [5.74, 6) is -2.75. The fourth-order valence-electron chi connectivity index (χ4n) is 7.84. The Kier molecular flexibility index (Phi) is 16.1. The highest BCUT2D eigenvalue weighted by molar-refractivity contribution is 7.09. The molecule has 0 aliphatic carbocycles. The summed E-state index contributed by atoms with van der Waals surface area (Å²) in [5, 5.41) is 65.0. The van der Waals surface area contributed by atoms with Gasteiger partial charge in [-0.3, -0.25) is 9.69 Å². The zero-order chi connectivity index (χ0) is 37.6. The quantitative estimate of drug-likeness (QED) is 0.152. The van der Waals surface area contributed by atoms with Crippen molar-refractivity contribution in [2.24, 2.45) is 17.8 Å². The van der Waals surface area contributed by atoms with Gasteiger partial charge in [-0.15, -0.1) is 11.3 Å². The third kappa shape index (κ3) is 10.9. The molecule has 0 saturated carbocycles. The predicted octanol–water partition coefficient (Wildman–Crippen LogP) is 1.98. The van der Waals surface area contributed by atoms with E-state index in [1.807, 2.05) is 45.1 Å². The Balaban J connectivity index is 1.96. The van der Waals surface area contributed by atoms with Crippen molar-refractivity contribution in [1.82, 2.24) is 20.1 Å². The SMILES string of the molecule is CC[C@@H]1OC(=O)[C@H](C)[C@@H](O)[C@H](C)[C@@H](O[C@@H]2O[C@H](C)C[C@H](N(C)C)[C@H]2O)[C@](C)(O)C[C@@H](C)CN(CCCNCc2nccs2)[C@@H](C)[C@@H](O)[C@]1(C)O. The normalized spacial score (nSPS) is 41.8. The molecule has 14 atom stereocenters. The highest BCUT2D eigenvalue weighted by Gasteiger charge is 2.50. The Morgan fingerprint density at radius 2 is 1.80 bits per heavy atom. The summed E-state index contributed by atoms with van der Waals surface area (Å²) < 4.78 is 18.4. The van der Waals surface area contributed by atoms with E-state index in [1.54, 1.807) is 38.3 Å². The molecule has 2 saturated heterocycles. The van der Waals surface area contributed by atoms with Crippen molar-refractivity contribution in [3.05, 3.63) is 16.6 Å². The summed E-state index contributed by atoms with van der Waals surface area (Å²) in [6.45, 7) is 16.3. The fraction of sp³-hybridized carbons (Fsp3) is 0.889. The lowest BCUT2D eigenvalue weighted by Gasteiger charge is -2.46. The Morgan fingerprint density at radius 1 is 1.12 bits per heavy atom. The van der Waals surface area contributed by atoms with Crippen LogP contribution in [-0.2, 0) is 25.5 Å². The van der Waals surface area contributed by atoms with Gasteiger partial charge in [0, 0.05) is 42.7 Å². The molecule has 2 aliphatic heterocycles. The maximum absolute atomic E-state index is 13.6. The predicted molar refractivity (Wildman–Crippen MR) is 192 cm³/mol. The number of aliphatic hydroxyl groups is 5. The Morgan fingerprint density at radius 3 is 2.40 bits per heavy atom. The highest BCUT2D eigenvalue weighted by Crippen LogP contribution is 2.36. The molecule has 0 aromatic carbocycles. The first-order valence-electron chi connectivity index (χ1n) is 18.3. The van der Waals surface area contributed by atoms with Crippen LogP contribution in [0.15, 0.2) is 11.6 Å². The minimum Gasteiger partial charge on any atom is -0.459 e. The first-order chi connectivity index (χ1) is 23.3. The van der Waals surface area contributed by atoms with Crippen molar-refractivity contribution in [3.8, 4) is 0 Å². The van der Waals surface area contributed by atoms with Crippen LogP contribution in [0.5, 0.6) is 0 Å². The summed E-state index contributed by atoms with van der Waals surface area (Å²) >= 11 is 1.59. The number of aliphatic hydroxyl groups excluding tert-OH is 3. The van der Waals surface area contributed by atoms with E-state index in [-0.39, 0.29) is 30.9 Å². The van der Waals surface area contributed by atoms with Gasteiger partial charge in [-0.05, 0) is 93.4 Å². The Hall–Kier alpha value is -1.30. The largest absolute Gasteiger partial charge is 0.459 e. The molecule has 6 N–H and O–H groups in total. The lowest BCUT2D eigenvalue weighted by atomic mass is 9.78. The Bertz CT molecular complexity index is 1160. The molecule has 14 heteroatoms. The monoisotopic (exact) mass is 730 g/mol. The number of aromatic nitrogens is 1. The number of cyclic esters (lactones) is 1. The number of esters is 1. The molecule has 1 aromatic rings. The first-order valence-corrected chi connectivity index (χ1v) is 19.2. The highest BCUT2D eigenvalue weighted by atomic mass is 32.1. The van der Waals surface area contributed by atoms with Crippen LogP contribution in [0.3, 0.4) is 0 Å². The van der Waals surface area contributed by atoms with E-state index in [1.165, 1.54) is 13.8 Å². The number of nitrogens with zero attached hydrogens (tertiary/aromatic N) is 3. The molecule has 2 fully saturated rings. The second-order valence-corrected chi connectivity index (χ2v) is 16.6. The van der Waals surface area contributed by atoms with E-state index < -0.39 is 71.9 Å². The van der Waals surface area contributed by atoms with Crippen molar-refractivity contribution < 1.29 is 44.5 Å². The lowest BCUT2D eigenvalue weighted by Crippen LogP contribution is -2.59. The molecular weight excluding hydrogens is 664 g/mol. The number of hydrogen-bond acceptors (Lipinski definition) is 14. The van der Waals surface area contributed by atoms with Crippen molar-refractivity contribution in [1.29, 1.82) is 0 Å². The maximum atomic E-state index is 13.6. The summed E-state index contributed by atoms with van der Waals surface area (Å²) in [4.78, 5) is 21.9. The average Bonchev–Trinajstić information content (AvgIpc) is 3.57. The van der Waals surface area contributed by atoms with E-state index in [0.717, 1.165) is 11.4 Å². The third-order valence-electron chi connectivity index (χ3n) is 10.8. The van der Waals surface area contributed by atoms with Crippen molar-refractivity contribution >= 4 is 17.3 Å². The summed E-state index contributed by atoms with van der Waals surface area (Å²) in [5.41, 5.74) is -3.34. The number of likely N-dealkylation sites (N-methyl/N-ethyl adjacent to an activating group) is 1. The molecule has 13 nitrogen and oxygen atoms in total. The zero-order valence-corrected chi connectivity index (χ0v) is 32.7. The van der Waals surface area contributed by atoms with Crippen molar-refractivity contribution in [3.63, 3.8) is 0 Å². The van der Waals surface area contributed by atoms with Crippen LogP contribution in [0.2, 0.25) is 0 Å². The third-order valence-corrected chi connectivity index (χ3v) is 11.6. The molecule has 0 spiro atoms. The molecule has 290 valence electrons. The van der Waals surface area contributed by atoms with Crippen LogP contribution in [0, 0.1) is 17.8 Å². The standard InChI is InChI=1S/C36H66N4O9S/c1-11-27-36(8,46)31(43)25(6)40(15-12-13-37-19-28-38-14-16-50-28)20-21(2)18-35(7,45)32(23(4)29(41)24(5)33(44)48-27)49-34-30(42)26(39(9)10)17-22(3)47-34/h14,16,21-27,29-32,34,37,41-43,45-46H,11-13,15,17-20H2,1-10H3/t21-,22-,23+,24-,25+,26+,27+,29+,30-,31-,32-,34+,35-,36-/m1/s1. The molecule has 3 rings (SSSR count). The van der Waals surface area contributed by atoms with Crippen LogP contribution in [0.25, 0.3) is 0 Å². The van der Waals surface area contributed by atoms with Gasteiger partial charge in [-0.25, -0.2) is 4.98 Å². The molecule has 0 unspecified atom stereocenters. The first kappa shape index (κ1) is 43.1. The molecule has 3 heterocycles. The molecule has 0 bridgehead atoms. The van der Waals surface area contributed by atoms with Gasteiger partial charge < -0.3 is 50.0 Å². The van der Waals surface area contributed by atoms with E-state index in [2.05, 4.69) is 15.2 Å². The van der Waals surface area contributed by atoms with E-state index >= 15 is 0 Å². The van der Waals surface area contributed by atoms with Crippen molar-refractivity contribution in [2.75, 3.05) is 33.7 Å². The topological polar surface area (TPSA) is 177 Å². The fourth-order valence-corrected chi connectivity index (χ4v) is 8.43. The van der Waals surface area contributed by atoms with Gasteiger partial charge in [0.15, 0.2) is 6.29 Å². The average molecular weight is 731 g/mol. The second-order valence-electron chi connectivity index (χ2n) is 15.6. The number of ether oxygens (including phenoxy) is 3. The van der Waals surface area contributed by atoms with Gasteiger partial charge in [0.25, 0.3) is 0 Å². The van der Waals surface area contributed by atoms with E-state index in [4.69, 9.17) is 14.2 Å². The van der Waals surface area contributed by atoms with Crippen LogP contribution in [0.1, 0.15) is 86.1 Å². The van der Waals surface area contributed by atoms with Gasteiger partial charge in [0.2, 0.25) is 0 Å². The van der Waals surface area contributed by atoms with E-state index in [9.17, 15) is 30.3 Å². The number of rotatable bonds is 10. The maximum Gasteiger partial charge on any atom is 0.311 e. The minimum absolute atomic E-state index is 0.142. The van der Waals surface area contributed by atoms with Crippen LogP contribution < -0.4 is 5.32 Å². The number of nitrogens with one attached hydrogen (secondary N) is 1. The summed E-state index contributed by atoms with van der Waals surface area (Å²) in [6, 6.07) is -0.793. The number of carbonyl (C=O) groups is 1. The zero-order valence-electron chi connectivity index (χ0n) is 31.9. The van der Waals surface area contributed by atoms with Crippen molar-refractivity contribution in [2.45, 2.75) is 154 Å². The van der Waals surface area contributed by atoms with Gasteiger partial charge in [-0.1, -0.05) is 20.8 Å². The molecular formula is C36H66N4O9S. The van der Waals surface area contributed by atoms with Crippen LogP contribution in [-0.4, -0.2) is 146 Å². The molecule has 0 amide bonds. The molecule has 50 heavy (non-hydrogen) atoms. The number of hydrogen-bond donors (Lipinski definition) is 6. The summed E-state index contributed by atoms with van der Waals surface area (Å²) in [6.07, 6.45) is -3.45. The molecule has 2 aliphatic rings. The number of thiazole rings is 1. The van der Waals surface area contributed by atoms with E-state index in [0.29, 0.717) is 32.6 Å². The lowest BCUT2D eigenvalue weighted by molar-refractivity contribution is -0.299. The Labute approximate surface area is 303 Å². The second kappa shape index (κ2) is 18.6. The van der Waals surface area contributed by atoms with Gasteiger partial charge in [-0.2, -0.15) is 0 Å². The summed E-state index contributed by atoms with van der Waals surface area (Å²) in [7, 11) is 3.76. The molecule has 1 aromatic heterocycles. The van der Waals surface area contributed by atoms with Gasteiger partial charge >= 0.3 is 5.97 Å². The molecule has 0 radical (unpaired) electrons.